The highest BCUT2D eigenvalue weighted by molar-refractivity contribution is 8.00. The summed E-state index contributed by atoms with van der Waals surface area (Å²) in [7, 11) is -9.93. The second-order valence-corrected chi connectivity index (χ2v) is 13.9. The molecule has 0 bridgehead atoms. The van der Waals surface area contributed by atoms with E-state index in [9.17, 15) is 48.1 Å². The van der Waals surface area contributed by atoms with Crippen LogP contribution in [0.25, 0.3) is 0 Å². The van der Waals surface area contributed by atoms with Crippen molar-refractivity contribution in [2.45, 2.75) is 23.6 Å². The number of hydrogen-bond acceptors (Lipinski definition) is 14. The summed E-state index contributed by atoms with van der Waals surface area (Å²) in [5.41, 5.74) is 6.01. The molecule has 3 rings (SSSR count). The summed E-state index contributed by atoms with van der Waals surface area (Å²) in [5.74, 6) is -4.48. The molecular weight excluding hydrogens is 608 g/mol. The van der Waals surface area contributed by atoms with Gasteiger partial charge in [0.2, 0.25) is 5.91 Å². The van der Waals surface area contributed by atoms with Gasteiger partial charge in [-0.1, -0.05) is 5.16 Å². The number of carboxylic acid groups (broad SMARTS) is 1. The molecule has 214 valence electrons. The monoisotopic (exact) mass is 629 g/mol. The van der Waals surface area contributed by atoms with E-state index in [1.807, 2.05) is 0 Å². The molecule has 0 aromatic carbocycles. The first-order valence-electron chi connectivity index (χ1n) is 10.4. The molecule has 2 aliphatic heterocycles. The predicted molar refractivity (Wildman–Crippen MR) is 133 cm³/mol. The Hall–Kier alpha value is -2.83. The van der Waals surface area contributed by atoms with Gasteiger partial charge in [-0.3, -0.25) is 28.4 Å². The van der Waals surface area contributed by atoms with E-state index < -0.39 is 63.1 Å². The SMILES string of the molecule is CO/N=C(\C(=O)NOP(=O)(O)C(CC(=O)OCC1=C(C(=O)O)N2C(=O)C[C@@H]2SC1)P(=O)(O)O)c1csc(N)n1. The van der Waals surface area contributed by atoms with Crippen molar-refractivity contribution in [3.63, 3.8) is 0 Å². The lowest BCUT2D eigenvalue weighted by molar-refractivity contribution is -0.146. The van der Waals surface area contributed by atoms with Gasteiger partial charge in [-0.25, -0.2) is 15.3 Å². The summed E-state index contributed by atoms with van der Waals surface area (Å²) in [6.07, 6.45) is -1.21. The molecule has 0 saturated carbocycles. The number of nitrogens with two attached hydrogens (primary N) is 1. The Morgan fingerprint density at radius 1 is 1.33 bits per heavy atom. The van der Waals surface area contributed by atoms with Crippen LogP contribution in [-0.4, -0.2) is 89.4 Å². The van der Waals surface area contributed by atoms with Crippen LogP contribution in [0.2, 0.25) is 0 Å². The minimum Gasteiger partial charge on any atom is -0.477 e. The molecule has 1 saturated heterocycles. The van der Waals surface area contributed by atoms with Crippen molar-refractivity contribution in [2.75, 3.05) is 25.2 Å². The number of aromatic nitrogens is 1. The molecule has 1 aromatic rings. The highest BCUT2D eigenvalue weighted by atomic mass is 32.2. The molecule has 18 nitrogen and oxygen atoms in total. The number of rotatable bonds is 12. The third-order valence-corrected chi connectivity index (χ3v) is 11.1. The molecule has 0 radical (unpaired) electrons. The Morgan fingerprint density at radius 3 is 2.56 bits per heavy atom. The average molecular weight is 629 g/mol. The smallest absolute Gasteiger partial charge is 0.364 e. The highest BCUT2D eigenvalue weighted by Crippen LogP contribution is 2.63. The molecular formula is C17H21N5O13P2S2. The number of carbonyl (C=O) groups excluding carboxylic acids is 3. The van der Waals surface area contributed by atoms with Crippen molar-refractivity contribution in [1.82, 2.24) is 15.4 Å². The lowest BCUT2D eigenvalue weighted by Crippen LogP contribution is -2.54. The van der Waals surface area contributed by atoms with Gasteiger partial charge in [0.1, 0.15) is 25.1 Å². The van der Waals surface area contributed by atoms with Crippen molar-refractivity contribution in [3.8, 4) is 0 Å². The van der Waals surface area contributed by atoms with E-state index >= 15 is 0 Å². The molecule has 0 spiro atoms. The normalized spacial score (nSPS) is 19.9. The van der Waals surface area contributed by atoms with Crippen LogP contribution in [0.1, 0.15) is 18.5 Å². The van der Waals surface area contributed by atoms with Crippen LogP contribution in [0.3, 0.4) is 0 Å². The Labute approximate surface area is 226 Å². The number of amides is 2. The van der Waals surface area contributed by atoms with Crippen molar-refractivity contribution in [2.24, 2.45) is 5.16 Å². The molecule has 22 heteroatoms. The third-order valence-electron chi connectivity index (χ3n) is 5.09. The van der Waals surface area contributed by atoms with Crippen LogP contribution in [-0.2, 0) is 42.5 Å². The van der Waals surface area contributed by atoms with Gasteiger partial charge in [0, 0.05) is 16.7 Å². The largest absolute Gasteiger partial charge is 0.477 e. The van der Waals surface area contributed by atoms with Crippen LogP contribution >= 0.6 is 38.3 Å². The predicted octanol–water partition coefficient (Wildman–Crippen LogP) is -0.610. The number of esters is 1. The summed E-state index contributed by atoms with van der Waals surface area (Å²) in [5, 5.41) is 11.2. The molecule has 1 aromatic heterocycles. The number of hydroxylamine groups is 1. The summed E-state index contributed by atoms with van der Waals surface area (Å²) < 4.78 is 33.9. The van der Waals surface area contributed by atoms with Crippen molar-refractivity contribution >= 4 is 72.9 Å². The molecule has 2 aliphatic rings. The number of carbonyl (C=O) groups is 4. The number of ether oxygens (including phenoxy) is 1. The van der Waals surface area contributed by atoms with Gasteiger partial charge in [-0.05, 0) is 0 Å². The van der Waals surface area contributed by atoms with Gasteiger partial charge < -0.3 is 35.1 Å². The number of oxime groups is 1. The number of nitrogens with zero attached hydrogens (tertiary/aromatic N) is 3. The van der Waals surface area contributed by atoms with E-state index in [1.54, 1.807) is 0 Å². The van der Waals surface area contributed by atoms with Gasteiger partial charge in [-0.15, -0.1) is 23.1 Å². The number of carboxylic acids is 1. The summed E-state index contributed by atoms with van der Waals surface area (Å²) in [4.78, 5) is 87.0. The number of thioether (sulfide) groups is 1. The van der Waals surface area contributed by atoms with Gasteiger partial charge >= 0.3 is 27.1 Å². The zero-order valence-electron chi connectivity index (χ0n) is 19.7. The fraction of sp³-hybridized carbons (Fsp3) is 0.412. The fourth-order valence-electron chi connectivity index (χ4n) is 3.30. The van der Waals surface area contributed by atoms with E-state index in [0.29, 0.717) is 0 Å². The second-order valence-electron chi connectivity index (χ2n) is 7.71. The molecule has 2 amide bonds. The quantitative estimate of drug-likeness (QED) is 0.0553. The standard InChI is InChI=1S/C17H21N5O13P2S2/c1-33-20-13(8-6-39-17(18)19-8)15(25)21-35-37(31,32)12(36(28,29)30)3-11(24)34-4-7-5-38-10-2-9(23)22(10)14(7)16(26)27/h6,10,12H,2-5H2,1H3,(H2,18,19)(H,21,25)(H,26,27)(H,31,32)(H2,28,29,30)/b20-13-/t10-,12?/m0/s1. The van der Waals surface area contributed by atoms with E-state index in [4.69, 9.17) is 10.5 Å². The van der Waals surface area contributed by atoms with Crippen LogP contribution in [0.15, 0.2) is 21.8 Å². The van der Waals surface area contributed by atoms with Crippen LogP contribution in [0.5, 0.6) is 0 Å². The summed E-state index contributed by atoms with van der Waals surface area (Å²) >= 11 is 2.16. The Bertz CT molecular complexity index is 1340. The van der Waals surface area contributed by atoms with E-state index in [1.165, 1.54) is 22.6 Å². The Balaban J connectivity index is 1.68. The van der Waals surface area contributed by atoms with Gasteiger partial charge in [0.15, 0.2) is 16.2 Å². The number of nitrogens with one attached hydrogen (secondary N) is 1. The summed E-state index contributed by atoms with van der Waals surface area (Å²) in [6, 6.07) is 0. The highest BCUT2D eigenvalue weighted by Gasteiger charge is 2.49. The van der Waals surface area contributed by atoms with Crippen molar-refractivity contribution in [3.05, 3.63) is 22.3 Å². The zero-order chi connectivity index (χ0) is 29.1. The van der Waals surface area contributed by atoms with Crippen molar-refractivity contribution < 1.29 is 62.3 Å². The molecule has 2 unspecified atom stereocenters. The van der Waals surface area contributed by atoms with Gasteiger partial charge in [-0.2, -0.15) is 4.62 Å². The molecule has 1 fully saturated rings. The molecule has 0 aliphatic carbocycles. The fourth-order valence-corrected chi connectivity index (χ4v) is 7.86. The van der Waals surface area contributed by atoms with Gasteiger partial charge in [0.05, 0.1) is 18.2 Å². The molecule has 7 N–H and O–H groups in total. The van der Waals surface area contributed by atoms with E-state index in [0.717, 1.165) is 23.3 Å². The average Bonchev–Trinajstić information content (AvgIpc) is 3.27. The van der Waals surface area contributed by atoms with Crippen molar-refractivity contribution in [1.29, 1.82) is 0 Å². The number of β-lactam (4-membered cyclic amide) rings is 1. The third kappa shape index (κ3) is 7.23. The van der Waals surface area contributed by atoms with Crippen LogP contribution in [0.4, 0.5) is 5.13 Å². The lowest BCUT2D eigenvalue weighted by Gasteiger charge is -2.43. The first-order valence-corrected chi connectivity index (χ1v) is 15.6. The maximum atomic E-state index is 12.7. The number of anilines is 1. The molecule has 39 heavy (non-hydrogen) atoms. The Kier molecular flexibility index (Phi) is 9.56. The van der Waals surface area contributed by atoms with Gasteiger partial charge in [0.25, 0.3) is 5.91 Å². The Morgan fingerprint density at radius 2 is 2.03 bits per heavy atom. The maximum absolute atomic E-state index is 12.7. The summed E-state index contributed by atoms with van der Waals surface area (Å²) in [6.45, 7) is -0.668. The van der Waals surface area contributed by atoms with Crippen LogP contribution < -0.4 is 11.2 Å². The number of nitrogen functional groups attached to an aromatic ring is 1. The number of hydrogen-bond donors (Lipinski definition) is 6. The number of thiazole rings is 1. The van der Waals surface area contributed by atoms with E-state index in [-0.39, 0.29) is 39.6 Å². The lowest BCUT2D eigenvalue weighted by atomic mass is 10.1. The number of fused-ring (bicyclic) bond motifs is 1. The van der Waals surface area contributed by atoms with E-state index in [2.05, 4.69) is 19.6 Å². The zero-order valence-corrected chi connectivity index (χ0v) is 23.1. The minimum atomic E-state index is -5.54. The topological polar surface area (TPSA) is 278 Å². The molecule has 3 heterocycles. The molecule has 3 atom stereocenters. The van der Waals surface area contributed by atoms with Crippen LogP contribution in [0, 0.1) is 0 Å². The first kappa shape index (κ1) is 30.7. The number of aliphatic carboxylic acids is 1. The second kappa shape index (κ2) is 12.1. The maximum Gasteiger partial charge on any atom is 0.364 e. The minimum absolute atomic E-state index is 0.0428. The first-order chi connectivity index (χ1) is 18.2.